The highest BCUT2D eigenvalue weighted by atomic mass is 127. The molecule has 1 aromatic heterocycles. The fourth-order valence-corrected chi connectivity index (χ4v) is 3.66. The first-order valence-corrected chi connectivity index (χ1v) is 7.90. The molecule has 0 unspecified atom stereocenters. The van der Waals surface area contributed by atoms with Crippen molar-refractivity contribution in [3.8, 4) is 0 Å². The quantitative estimate of drug-likeness (QED) is 0.641. The molecule has 2 N–H and O–H groups in total. The standard InChI is InChI=1S/C16H13FIN3/c17-12-7-15-14(8-13(12)18)20-16(19)21(15)11-5-9-3-1-2-4-10(9)6-11/h1-4,7-8,11H,5-6H2,(H2,19,20). The minimum absolute atomic E-state index is 0.215. The van der Waals surface area contributed by atoms with Gasteiger partial charge < -0.3 is 10.3 Å². The van der Waals surface area contributed by atoms with E-state index in [9.17, 15) is 4.39 Å². The van der Waals surface area contributed by atoms with E-state index in [1.165, 1.54) is 11.1 Å². The van der Waals surface area contributed by atoms with E-state index in [1.807, 2.05) is 27.2 Å². The molecule has 3 aromatic rings. The Morgan fingerprint density at radius 3 is 2.52 bits per heavy atom. The summed E-state index contributed by atoms with van der Waals surface area (Å²) in [5.41, 5.74) is 10.3. The third-order valence-corrected chi connectivity index (χ3v) is 4.98. The lowest BCUT2D eigenvalue weighted by molar-refractivity contribution is 0.549. The Bertz CT molecular complexity index is 831. The van der Waals surface area contributed by atoms with Crippen LogP contribution >= 0.6 is 22.6 Å². The Morgan fingerprint density at radius 1 is 1.19 bits per heavy atom. The Kier molecular flexibility index (Phi) is 2.92. The van der Waals surface area contributed by atoms with Gasteiger partial charge in [0.15, 0.2) is 0 Å². The molecule has 1 aliphatic rings. The van der Waals surface area contributed by atoms with Crippen molar-refractivity contribution in [2.24, 2.45) is 0 Å². The summed E-state index contributed by atoms with van der Waals surface area (Å²) in [6, 6.07) is 11.9. The molecule has 1 heterocycles. The van der Waals surface area contributed by atoms with Crippen molar-refractivity contribution in [1.82, 2.24) is 9.55 Å². The molecule has 0 atom stereocenters. The lowest BCUT2D eigenvalue weighted by Gasteiger charge is -2.14. The number of fused-ring (bicyclic) bond motifs is 2. The Balaban J connectivity index is 1.85. The second kappa shape index (κ2) is 4.69. The van der Waals surface area contributed by atoms with Crippen LogP contribution in [0.4, 0.5) is 10.3 Å². The first-order chi connectivity index (χ1) is 10.1. The Hall–Kier alpha value is -1.63. The summed E-state index contributed by atoms with van der Waals surface area (Å²) in [7, 11) is 0. The summed E-state index contributed by atoms with van der Waals surface area (Å²) in [6.07, 6.45) is 1.83. The fraction of sp³-hybridized carbons (Fsp3) is 0.188. The van der Waals surface area contributed by atoms with Gasteiger partial charge in [-0.25, -0.2) is 9.37 Å². The molecule has 0 fully saturated rings. The van der Waals surface area contributed by atoms with Crippen LogP contribution in [0.1, 0.15) is 17.2 Å². The van der Waals surface area contributed by atoms with Gasteiger partial charge in [0.25, 0.3) is 0 Å². The maximum absolute atomic E-state index is 13.9. The lowest BCUT2D eigenvalue weighted by Crippen LogP contribution is -2.12. The van der Waals surface area contributed by atoms with E-state index in [0.29, 0.717) is 9.52 Å². The van der Waals surface area contributed by atoms with Gasteiger partial charge in [-0.3, -0.25) is 0 Å². The zero-order chi connectivity index (χ0) is 14.6. The molecule has 0 bridgehead atoms. The third kappa shape index (κ3) is 2.02. The molecule has 106 valence electrons. The van der Waals surface area contributed by atoms with Gasteiger partial charge in [-0.05, 0) is 52.6 Å². The average Bonchev–Trinajstić information content (AvgIpc) is 2.99. The van der Waals surface area contributed by atoms with Crippen molar-refractivity contribution in [3.63, 3.8) is 0 Å². The van der Waals surface area contributed by atoms with Gasteiger partial charge >= 0.3 is 0 Å². The van der Waals surface area contributed by atoms with Crippen LogP contribution < -0.4 is 5.73 Å². The van der Waals surface area contributed by atoms with Crippen molar-refractivity contribution in [3.05, 3.63) is 56.9 Å². The zero-order valence-corrected chi connectivity index (χ0v) is 13.3. The molecule has 0 aliphatic heterocycles. The molecule has 0 amide bonds. The highest BCUT2D eigenvalue weighted by Crippen LogP contribution is 2.34. The molecule has 1 aliphatic carbocycles. The number of nitrogen functional groups attached to an aromatic ring is 1. The first-order valence-electron chi connectivity index (χ1n) is 6.82. The number of imidazole rings is 1. The first kappa shape index (κ1) is 13.1. The summed E-state index contributed by atoms with van der Waals surface area (Å²) in [5.74, 6) is 0.240. The molecule has 4 rings (SSSR count). The van der Waals surface area contributed by atoms with Crippen LogP contribution in [0.3, 0.4) is 0 Å². The molecule has 0 radical (unpaired) electrons. The number of rotatable bonds is 1. The van der Waals surface area contributed by atoms with Gasteiger partial charge in [0.1, 0.15) is 5.82 Å². The highest BCUT2D eigenvalue weighted by Gasteiger charge is 2.26. The summed E-state index contributed by atoms with van der Waals surface area (Å²) < 4.78 is 16.4. The van der Waals surface area contributed by atoms with Crippen LogP contribution in [0.2, 0.25) is 0 Å². The van der Waals surface area contributed by atoms with Crippen molar-refractivity contribution in [2.45, 2.75) is 18.9 Å². The van der Waals surface area contributed by atoms with E-state index in [-0.39, 0.29) is 11.9 Å². The SMILES string of the molecule is Nc1nc2cc(I)c(F)cc2n1C1Cc2ccccc2C1. The minimum atomic E-state index is -0.222. The van der Waals surface area contributed by atoms with Crippen LogP contribution in [0.15, 0.2) is 36.4 Å². The van der Waals surface area contributed by atoms with Gasteiger partial charge in [0.2, 0.25) is 5.95 Å². The van der Waals surface area contributed by atoms with Crippen molar-refractivity contribution >= 4 is 39.6 Å². The molecule has 21 heavy (non-hydrogen) atoms. The maximum atomic E-state index is 13.9. The predicted molar refractivity (Wildman–Crippen MR) is 89.7 cm³/mol. The van der Waals surface area contributed by atoms with Crippen molar-refractivity contribution in [2.75, 3.05) is 5.73 Å². The van der Waals surface area contributed by atoms with Gasteiger partial charge in [-0.15, -0.1) is 0 Å². The smallest absolute Gasteiger partial charge is 0.201 e. The Morgan fingerprint density at radius 2 is 1.86 bits per heavy atom. The van der Waals surface area contributed by atoms with E-state index in [2.05, 4.69) is 29.2 Å². The lowest BCUT2D eigenvalue weighted by atomic mass is 10.1. The number of benzene rings is 2. The number of anilines is 1. The number of nitrogens with zero attached hydrogens (tertiary/aromatic N) is 2. The molecular weight excluding hydrogens is 380 g/mol. The molecule has 0 saturated carbocycles. The van der Waals surface area contributed by atoms with Gasteiger partial charge in [0, 0.05) is 12.1 Å². The van der Waals surface area contributed by atoms with Crippen molar-refractivity contribution < 1.29 is 4.39 Å². The zero-order valence-electron chi connectivity index (χ0n) is 11.2. The van der Waals surface area contributed by atoms with Crippen LogP contribution in [-0.2, 0) is 12.8 Å². The Labute approximate surface area is 135 Å². The maximum Gasteiger partial charge on any atom is 0.201 e. The number of aromatic nitrogens is 2. The van der Waals surface area contributed by atoms with E-state index in [0.717, 1.165) is 23.9 Å². The number of halogens is 2. The molecule has 5 heteroatoms. The van der Waals surface area contributed by atoms with E-state index >= 15 is 0 Å². The van der Waals surface area contributed by atoms with E-state index in [1.54, 1.807) is 12.1 Å². The van der Waals surface area contributed by atoms with Crippen LogP contribution in [0, 0.1) is 9.39 Å². The van der Waals surface area contributed by atoms with Crippen LogP contribution in [-0.4, -0.2) is 9.55 Å². The largest absolute Gasteiger partial charge is 0.369 e. The summed E-state index contributed by atoms with van der Waals surface area (Å²) in [6.45, 7) is 0. The second-order valence-electron chi connectivity index (χ2n) is 5.43. The molecule has 0 saturated heterocycles. The monoisotopic (exact) mass is 393 g/mol. The molecule has 0 spiro atoms. The summed E-state index contributed by atoms with van der Waals surface area (Å²) in [4.78, 5) is 4.39. The van der Waals surface area contributed by atoms with E-state index in [4.69, 9.17) is 5.73 Å². The normalized spacial score (nSPS) is 14.8. The topological polar surface area (TPSA) is 43.8 Å². The number of nitrogens with two attached hydrogens (primary N) is 1. The van der Waals surface area contributed by atoms with Gasteiger partial charge in [-0.2, -0.15) is 0 Å². The molecule has 3 nitrogen and oxygen atoms in total. The van der Waals surface area contributed by atoms with E-state index < -0.39 is 0 Å². The second-order valence-corrected chi connectivity index (χ2v) is 6.59. The number of hydrogen-bond donors (Lipinski definition) is 1. The minimum Gasteiger partial charge on any atom is -0.369 e. The highest BCUT2D eigenvalue weighted by molar-refractivity contribution is 14.1. The van der Waals surface area contributed by atoms with Crippen molar-refractivity contribution in [1.29, 1.82) is 0 Å². The third-order valence-electron chi connectivity index (χ3n) is 4.15. The fourth-order valence-electron chi connectivity index (χ4n) is 3.21. The van der Waals surface area contributed by atoms with Crippen LogP contribution in [0.25, 0.3) is 11.0 Å². The molecular formula is C16H13FIN3. The number of hydrogen-bond acceptors (Lipinski definition) is 2. The van der Waals surface area contributed by atoms with Crippen LogP contribution in [0.5, 0.6) is 0 Å². The summed E-state index contributed by atoms with van der Waals surface area (Å²) in [5, 5.41) is 0. The predicted octanol–water partition coefficient (Wildman–Crippen LogP) is 3.70. The average molecular weight is 393 g/mol. The molecule has 2 aromatic carbocycles. The van der Waals surface area contributed by atoms with Gasteiger partial charge in [-0.1, -0.05) is 24.3 Å². The van der Waals surface area contributed by atoms with Gasteiger partial charge in [0.05, 0.1) is 14.6 Å². The summed E-state index contributed by atoms with van der Waals surface area (Å²) >= 11 is 1.98.